The largest absolute Gasteiger partial charge is 0.480 e. The number of pyridine rings is 1. The number of ether oxygens (including phenoxy) is 1. The van der Waals surface area contributed by atoms with Crippen LogP contribution in [0.5, 0.6) is 5.88 Å². The zero-order chi connectivity index (χ0) is 14.4. The normalized spacial score (nSPS) is 11.3. The Morgan fingerprint density at radius 1 is 1.58 bits per heavy atom. The summed E-state index contributed by atoms with van der Waals surface area (Å²) in [5.41, 5.74) is 1.89. The highest BCUT2D eigenvalue weighted by atomic mass is 16.5. The number of carbonyl (C=O) groups is 1. The Hall–Kier alpha value is -2.04. The number of carboxylic acids is 1. The number of carboxylic acid groups (broad SMARTS) is 1. The lowest BCUT2D eigenvalue weighted by atomic mass is 10.2. The molecule has 0 spiro atoms. The number of allylic oxidation sites excluding steroid dienone is 2. The molecule has 0 aliphatic carbocycles. The van der Waals surface area contributed by atoms with Crippen molar-refractivity contribution < 1.29 is 14.6 Å². The standard InChI is InChI=1S/C14H20N2O3/c1-5-7-16(10(3)6-2)11-8-12(14(17)18)13(19-4)15-9-11/h6,8-9H,5,7H2,1-4H3,(H,17,18). The summed E-state index contributed by atoms with van der Waals surface area (Å²) in [6.07, 6.45) is 4.58. The second kappa shape index (κ2) is 6.78. The lowest BCUT2D eigenvalue weighted by Gasteiger charge is -2.25. The molecule has 0 unspecified atom stereocenters. The Labute approximate surface area is 113 Å². The van der Waals surface area contributed by atoms with E-state index in [1.165, 1.54) is 7.11 Å². The maximum Gasteiger partial charge on any atom is 0.341 e. The van der Waals surface area contributed by atoms with Gasteiger partial charge in [0, 0.05) is 12.2 Å². The van der Waals surface area contributed by atoms with Gasteiger partial charge in [0.05, 0.1) is 19.0 Å². The first-order chi connectivity index (χ1) is 9.04. The molecule has 1 aromatic rings. The summed E-state index contributed by atoms with van der Waals surface area (Å²) in [4.78, 5) is 17.3. The van der Waals surface area contributed by atoms with Crippen LogP contribution in [0.15, 0.2) is 24.0 Å². The molecule has 0 fully saturated rings. The van der Waals surface area contributed by atoms with Gasteiger partial charge in [-0.1, -0.05) is 13.0 Å². The number of hydrogen-bond donors (Lipinski definition) is 1. The molecule has 0 aromatic carbocycles. The maximum atomic E-state index is 11.2. The van der Waals surface area contributed by atoms with Crippen molar-refractivity contribution in [3.05, 3.63) is 29.6 Å². The van der Waals surface area contributed by atoms with E-state index in [0.717, 1.165) is 24.4 Å². The van der Waals surface area contributed by atoms with Crippen molar-refractivity contribution in [1.29, 1.82) is 0 Å². The van der Waals surface area contributed by atoms with Gasteiger partial charge < -0.3 is 14.7 Å². The molecule has 104 valence electrons. The van der Waals surface area contributed by atoms with E-state index in [1.807, 2.05) is 24.8 Å². The van der Waals surface area contributed by atoms with Gasteiger partial charge in [0.1, 0.15) is 5.56 Å². The Kier molecular flexibility index (Phi) is 5.36. The number of aromatic nitrogens is 1. The van der Waals surface area contributed by atoms with Crippen molar-refractivity contribution >= 4 is 11.7 Å². The minimum Gasteiger partial charge on any atom is -0.480 e. The van der Waals surface area contributed by atoms with E-state index in [1.54, 1.807) is 12.3 Å². The van der Waals surface area contributed by atoms with Crippen LogP contribution in [0.1, 0.15) is 37.6 Å². The van der Waals surface area contributed by atoms with Crippen molar-refractivity contribution in [2.24, 2.45) is 0 Å². The maximum absolute atomic E-state index is 11.2. The molecule has 5 heteroatoms. The number of rotatable bonds is 6. The van der Waals surface area contributed by atoms with Gasteiger partial charge in [0.25, 0.3) is 0 Å². The Morgan fingerprint density at radius 3 is 2.74 bits per heavy atom. The Bertz CT molecular complexity index is 484. The molecule has 0 bridgehead atoms. The average Bonchev–Trinajstić information content (AvgIpc) is 2.43. The number of aromatic carboxylic acids is 1. The molecule has 0 aliphatic heterocycles. The van der Waals surface area contributed by atoms with Crippen molar-refractivity contribution in [3.8, 4) is 5.88 Å². The van der Waals surface area contributed by atoms with Crippen LogP contribution in [0.25, 0.3) is 0 Å². The molecule has 0 radical (unpaired) electrons. The fraction of sp³-hybridized carbons (Fsp3) is 0.429. The average molecular weight is 264 g/mol. The van der Waals surface area contributed by atoms with Gasteiger partial charge in [-0.2, -0.15) is 0 Å². The summed E-state index contributed by atoms with van der Waals surface area (Å²) >= 11 is 0. The van der Waals surface area contributed by atoms with E-state index >= 15 is 0 Å². The third-order valence-corrected chi connectivity index (χ3v) is 2.86. The first-order valence-corrected chi connectivity index (χ1v) is 6.22. The quantitative estimate of drug-likeness (QED) is 0.856. The number of hydrogen-bond acceptors (Lipinski definition) is 4. The lowest BCUT2D eigenvalue weighted by Crippen LogP contribution is -2.22. The molecule has 19 heavy (non-hydrogen) atoms. The molecular weight excluding hydrogens is 244 g/mol. The molecular formula is C14H20N2O3. The predicted molar refractivity (Wildman–Crippen MR) is 74.8 cm³/mol. The van der Waals surface area contributed by atoms with E-state index < -0.39 is 5.97 Å². The van der Waals surface area contributed by atoms with Crippen molar-refractivity contribution in [3.63, 3.8) is 0 Å². The summed E-state index contributed by atoms with van der Waals surface area (Å²) in [5.74, 6) is -0.911. The van der Waals surface area contributed by atoms with E-state index in [-0.39, 0.29) is 11.4 Å². The molecule has 1 aromatic heterocycles. The van der Waals surface area contributed by atoms with Crippen LogP contribution in [-0.2, 0) is 0 Å². The van der Waals surface area contributed by atoms with E-state index in [4.69, 9.17) is 4.74 Å². The van der Waals surface area contributed by atoms with Gasteiger partial charge >= 0.3 is 5.97 Å². The second-order valence-corrected chi connectivity index (χ2v) is 4.14. The summed E-state index contributed by atoms with van der Waals surface area (Å²) in [6, 6.07) is 1.59. The van der Waals surface area contributed by atoms with Crippen molar-refractivity contribution in [1.82, 2.24) is 4.98 Å². The van der Waals surface area contributed by atoms with Crippen LogP contribution in [0.4, 0.5) is 5.69 Å². The van der Waals surface area contributed by atoms with Gasteiger partial charge in [-0.05, 0) is 26.3 Å². The van der Waals surface area contributed by atoms with Gasteiger partial charge in [-0.25, -0.2) is 9.78 Å². The van der Waals surface area contributed by atoms with Crippen LogP contribution in [0.3, 0.4) is 0 Å². The van der Waals surface area contributed by atoms with Crippen LogP contribution in [-0.4, -0.2) is 29.7 Å². The highest BCUT2D eigenvalue weighted by Gasteiger charge is 2.16. The van der Waals surface area contributed by atoms with Crippen molar-refractivity contribution in [2.75, 3.05) is 18.6 Å². The second-order valence-electron chi connectivity index (χ2n) is 4.14. The fourth-order valence-electron chi connectivity index (χ4n) is 1.79. The molecule has 0 saturated carbocycles. The van der Waals surface area contributed by atoms with Crippen LogP contribution in [0, 0.1) is 0 Å². The highest BCUT2D eigenvalue weighted by Crippen LogP contribution is 2.24. The first kappa shape index (κ1) is 15.0. The molecule has 0 atom stereocenters. The number of nitrogens with zero attached hydrogens (tertiary/aromatic N) is 2. The zero-order valence-electron chi connectivity index (χ0n) is 11.8. The van der Waals surface area contributed by atoms with Gasteiger partial charge in [-0.3, -0.25) is 0 Å². The minimum atomic E-state index is -1.04. The molecule has 5 nitrogen and oxygen atoms in total. The number of anilines is 1. The Morgan fingerprint density at radius 2 is 2.26 bits per heavy atom. The fourth-order valence-corrected chi connectivity index (χ4v) is 1.79. The van der Waals surface area contributed by atoms with E-state index in [9.17, 15) is 9.90 Å². The van der Waals surface area contributed by atoms with Crippen LogP contribution >= 0.6 is 0 Å². The topological polar surface area (TPSA) is 62.7 Å². The highest BCUT2D eigenvalue weighted by molar-refractivity contribution is 5.91. The van der Waals surface area contributed by atoms with E-state index in [2.05, 4.69) is 11.9 Å². The third kappa shape index (κ3) is 3.47. The lowest BCUT2D eigenvalue weighted by molar-refractivity contribution is 0.0692. The zero-order valence-corrected chi connectivity index (χ0v) is 11.8. The summed E-state index contributed by atoms with van der Waals surface area (Å²) in [7, 11) is 1.41. The predicted octanol–water partition coefficient (Wildman–Crippen LogP) is 2.93. The molecule has 0 saturated heterocycles. The van der Waals surface area contributed by atoms with Gasteiger partial charge in [0.15, 0.2) is 0 Å². The van der Waals surface area contributed by atoms with Gasteiger partial charge in [0.2, 0.25) is 5.88 Å². The van der Waals surface area contributed by atoms with Gasteiger partial charge in [-0.15, -0.1) is 0 Å². The summed E-state index contributed by atoms with van der Waals surface area (Å²) in [5, 5.41) is 9.18. The first-order valence-electron chi connectivity index (χ1n) is 6.22. The minimum absolute atomic E-state index is 0.0741. The Balaban J connectivity index is 3.25. The van der Waals surface area contributed by atoms with Crippen LogP contribution in [0.2, 0.25) is 0 Å². The van der Waals surface area contributed by atoms with Crippen molar-refractivity contribution in [2.45, 2.75) is 27.2 Å². The SMILES string of the molecule is CC=C(C)N(CCC)c1cnc(OC)c(C(=O)O)c1. The molecule has 0 amide bonds. The van der Waals surface area contributed by atoms with Crippen LogP contribution < -0.4 is 9.64 Å². The number of methoxy groups -OCH3 is 1. The molecule has 1 N–H and O–H groups in total. The molecule has 1 rings (SSSR count). The summed E-state index contributed by atoms with van der Waals surface area (Å²) < 4.78 is 4.96. The van der Waals surface area contributed by atoms with E-state index in [0.29, 0.717) is 0 Å². The molecule has 0 aliphatic rings. The monoisotopic (exact) mass is 264 g/mol. The third-order valence-electron chi connectivity index (χ3n) is 2.86. The smallest absolute Gasteiger partial charge is 0.341 e. The summed E-state index contributed by atoms with van der Waals surface area (Å²) in [6.45, 7) is 6.82. The molecule has 1 heterocycles.